The van der Waals surface area contributed by atoms with Gasteiger partial charge in [0.15, 0.2) is 18.1 Å². The van der Waals surface area contributed by atoms with Crippen LogP contribution in [-0.2, 0) is 16.0 Å². The fraction of sp³-hybridized carbons (Fsp3) is 0.300. The molecular weight excluding hydrogens is 353 g/mol. The maximum atomic E-state index is 12.8. The Morgan fingerprint density at radius 1 is 1.07 bits per heavy atom. The number of benzene rings is 2. The molecule has 0 unspecified atom stereocenters. The van der Waals surface area contributed by atoms with Gasteiger partial charge in [0.25, 0.3) is 5.91 Å². The highest BCUT2D eigenvalue weighted by Crippen LogP contribution is 2.28. The number of hydrogen-bond donors (Lipinski definition) is 1. The van der Waals surface area contributed by atoms with E-state index >= 15 is 0 Å². The summed E-state index contributed by atoms with van der Waals surface area (Å²) < 4.78 is 28.4. The number of esters is 1. The first-order valence-electron chi connectivity index (χ1n) is 8.52. The van der Waals surface area contributed by atoms with Crippen LogP contribution in [0, 0.1) is 5.82 Å². The van der Waals surface area contributed by atoms with Crippen LogP contribution >= 0.6 is 0 Å². The summed E-state index contributed by atoms with van der Waals surface area (Å²) in [5, 5.41) is 2.65. The highest BCUT2D eigenvalue weighted by Gasteiger charge is 2.13. The third-order valence-corrected chi connectivity index (χ3v) is 3.68. The third kappa shape index (κ3) is 6.29. The lowest BCUT2D eigenvalue weighted by Crippen LogP contribution is -2.30. The number of ether oxygens (including phenoxy) is 3. The molecule has 0 bridgehead atoms. The van der Waals surface area contributed by atoms with E-state index in [1.165, 1.54) is 25.3 Å². The maximum Gasteiger partial charge on any atom is 0.338 e. The fourth-order valence-electron chi connectivity index (χ4n) is 2.33. The Bertz CT molecular complexity index is 776. The van der Waals surface area contributed by atoms with Crippen molar-refractivity contribution < 1.29 is 28.2 Å². The van der Waals surface area contributed by atoms with Gasteiger partial charge in [-0.15, -0.1) is 0 Å². The second-order valence-corrected chi connectivity index (χ2v) is 5.60. The van der Waals surface area contributed by atoms with Gasteiger partial charge >= 0.3 is 5.97 Å². The monoisotopic (exact) mass is 375 g/mol. The molecule has 0 radical (unpaired) electrons. The number of nitrogens with one attached hydrogen (secondary N) is 1. The summed E-state index contributed by atoms with van der Waals surface area (Å²) in [5.41, 5.74) is 1.16. The van der Waals surface area contributed by atoms with Crippen molar-refractivity contribution >= 4 is 11.9 Å². The van der Waals surface area contributed by atoms with E-state index in [-0.39, 0.29) is 11.4 Å². The zero-order valence-electron chi connectivity index (χ0n) is 15.3. The minimum absolute atomic E-state index is 0.259. The van der Waals surface area contributed by atoms with Crippen molar-refractivity contribution in [1.82, 2.24) is 5.32 Å². The topological polar surface area (TPSA) is 73.9 Å². The molecule has 7 heteroatoms. The van der Waals surface area contributed by atoms with Crippen LogP contribution in [0.4, 0.5) is 4.39 Å². The van der Waals surface area contributed by atoms with Gasteiger partial charge < -0.3 is 19.5 Å². The summed E-state index contributed by atoms with van der Waals surface area (Å²) in [6.45, 7) is 2.28. The Hall–Kier alpha value is -3.09. The molecule has 0 aliphatic heterocycles. The number of carbonyl (C=O) groups is 2. The molecule has 2 rings (SSSR count). The van der Waals surface area contributed by atoms with Gasteiger partial charge in [0, 0.05) is 6.54 Å². The molecule has 27 heavy (non-hydrogen) atoms. The number of amides is 1. The minimum atomic E-state index is -0.634. The molecule has 0 aliphatic carbocycles. The van der Waals surface area contributed by atoms with Crippen LogP contribution in [0.1, 0.15) is 22.8 Å². The smallest absolute Gasteiger partial charge is 0.338 e. The second kappa shape index (κ2) is 10.2. The lowest BCUT2D eigenvalue weighted by molar-refractivity contribution is -0.124. The second-order valence-electron chi connectivity index (χ2n) is 5.60. The van der Waals surface area contributed by atoms with Crippen molar-refractivity contribution in [3.05, 3.63) is 59.4 Å². The van der Waals surface area contributed by atoms with Gasteiger partial charge in [-0.2, -0.15) is 0 Å². The Labute approximate surface area is 157 Å². The van der Waals surface area contributed by atoms with Gasteiger partial charge in [0.05, 0.1) is 19.3 Å². The molecule has 0 fully saturated rings. The van der Waals surface area contributed by atoms with Crippen LogP contribution in [0.2, 0.25) is 0 Å². The molecule has 2 aromatic carbocycles. The average Bonchev–Trinajstić information content (AvgIpc) is 2.68. The van der Waals surface area contributed by atoms with Crippen molar-refractivity contribution in [3.8, 4) is 11.5 Å². The molecule has 0 saturated carbocycles. The van der Waals surface area contributed by atoms with Crippen LogP contribution < -0.4 is 14.8 Å². The highest BCUT2D eigenvalue weighted by atomic mass is 19.1. The van der Waals surface area contributed by atoms with Crippen LogP contribution in [-0.4, -0.2) is 38.7 Å². The summed E-state index contributed by atoms with van der Waals surface area (Å²) in [4.78, 5) is 23.9. The van der Waals surface area contributed by atoms with E-state index in [4.69, 9.17) is 14.2 Å². The van der Waals surface area contributed by atoms with Crippen LogP contribution in [0.25, 0.3) is 0 Å². The Morgan fingerprint density at radius 3 is 2.48 bits per heavy atom. The van der Waals surface area contributed by atoms with Crippen molar-refractivity contribution in [2.45, 2.75) is 13.3 Å². The fourth-order valence-corrected chi connectivity index (χ4v) is 2.33. The number of methoxy groups -OCH3 is 1. The molecule has 6 nitrogen and oxygen atoms in total. The first-order chi connectivity index (χ1) is 13.0. The Morgan fingerprint density at radius 2 is 1.81 bits per heavy atom. The molecule has 144 valence electrons. The lowest BCUT2D eigenvalue weighted by Gasteiger charge is -2.11. The van der Waals surface area contributed by atoms with Crippen LogP contribution in [0.5, 0.6) is 11.5 Å². The van der Waals surface area contributed by atoms with E-state index in [1.54, 1.807) is 24.3 Å². The van der Waals surface area contributed by atoms with E-state index in [2.05, 4.69) is 5.32 Å². The van der Waals surface area contributed by atoms with Crippen molar-refractivity contribution in [2.24, 2.45) is 0 Å². The van der Waals surface area contributed by atoms with Crippen molar-refractivity contribution in [3.63, 3.8) is 0 Å². The number of hydrogen-bond acceptors (Lipinski definition) is 5. The average molecular weight is 375 g/mol. The molecule has 0 heterocycles. The number of rotatable bonds is 9. The van der Waals surface area contributed by atoms with Crippen LogP contribution in [0.15, 0.2) is 42.5 Å². The number of carbonyl (C=O) groups excluding carboxylic acids is 2. The van der Waals surface area contributed by atoms with Gasteiger partial charge in [0.1, 0.15) is 5.82 Å². The summed E-state index contributed by atoms with van der Waals surface area (Å²) in [7, 11) is 1.47. The molecule has 0 aromatic heterocycles. The quantitative estimate of drug-likeness (QED) is 0.682. The molecule has 1 amide bonds. The molecule has 0 aliphatic rings. The predicted molar refractivity (Wildman–Crippen MR) is 97.6 cm³/mol. The standard InChI is InChI=1S/C20H22FNO5/c1-3-26-17-9-6-15(12-18(17)25-2)20(24)27-13-19(23)22-11-10-14-4-7-16(21)8-5-14/h4-9,12H,3,10-11,13H2,1-2H3,(H,22,23). The molecule has 2 aromatic rings. The van der Waals surface area contributed by atoms with Gasteiger partial charge in [-0.1, -0.05) is 12.1 Å². The van der Waals surface area contributed by atoms with E-state index in [9.17, 15) is 14.0 Å². The first kappa shape index (κ1) is 20.2. The largest absolute Gasteiger partial charge is 0.493 e. The van der Waals surface area contributed by atoms with Gasteiger partial charge in [0.2, 0.25) is 0 Å². The van der Waals surface area contributed by atoms with Crippen molar-refractivity contribution in [1.29, 1.82) is 0 Å². The summed E-state index contributed by atoms with van der Waals surface area (Å²) in [5.74, 6) is -0.417. The zero-order valence-corrected chi connectivity index (χ0v) is 15.3. The highest BCUT2D eigenvalue weighted by molar-refractivity contribution is 5.92. The molecule has 0 spiro atoms. The Balaban J connectivity index is 1.78. The maximum absolute atomic E-state index is 12.8. The zero-order chi connectivity index (χ0) is 19.6. The third-order valence-electron chi connectivity index (χ3n) is 3.68. The van der Waals surface area contributed by atoms with E-state index in [0.717, 1.165) is 5.56 Å². The first-order valence-corrected chi connectivity index (χ1v) is 8.52. The summed E-state index contributed by atoms with van der Waals surface area (Å²) in [6.07, 6.45) is 0.552. The van der Waals surface area contributed by atoms with E-state index in [0.29, 0.717) is 31.1 Å². The summed E-state index contributed by atoms with van der Waals surface area (Å²) >= 11 is 0. The van der Waals surface area contributed by atoms with Gasteiger partial charge in [-0.05, 0) is 49.2 Å². The Kier molecular flexibility index (Phi) is 7.61. The minimum Gasteiger partial charge on any atom is -0.493 e. The molecule has 1 N–H and O–H groups in total. The van der Waals surface area contributed by atoms with Gasteiger partial charge in [-0.25, -0.2) is 9.18 Å². The van der Waals surface area contributed by atoms with Gasteiger partial charge in [-0.3, -0.25) is 4.79 Å². The molecule has 0 atom stereocenters. The molecule has 0 saturated heterocycles. The SMILES string of the molecule is CCOc1ccc(C(=O)OCC(=O)NCCc2ccc(F)cc2)cc1OC. The van der Waals surface area contributed by atoms with Crippen molar-refractivity contribution in [2.75, 3.05) is 26.9 Å². The normalized spacial score (nSPS) is 10.2. The summed E-state index contributed by atoms with van der Waals surface area (Å²) in [6, 6.07) is 10.7. The van der Waals surface area contributed by atoms with Crippen LogP contribution in [0.3, 0.4) is 0 Å². The lowest BCUT2D eigenvalue weighted by atomic mass is 10.1. The van der Waals surface area contributed by atoms with E-state index < -0.39 is 18.5 Å². The van der Waals surface area contributed by atoms with E-state index in [1.807, 2.05) is 6.92 Å². The predicted octanol–water partition coefficient (Wildman–Crippen LogP) is 2.75. The molecular formula is C20H22FNO5. The number of halogens is 1.